The van der Waals surface area contributed by atoms with Crippen LogP contribution in [0.2, 0.25) is 0 Å². The van der Waals surface area contributed by atoms with E-state index < -0.39 is 0 Å². The van der Waals surface area contributed by atoms with Crippen LogP contribution >= 0.6 is 24.0 Å². The van der Waals surface area contributed by atoms with E-state index in [1.54, 1.807) is 0 Å². The van der Waals surface area contributed by atoms with Crippen LogP contribution in [0.15, 0.2) is 41.4 Å². The van der Waals surface area contributed by atoms with Gasteiger partial charge in [-0.2, -0.15) is 0 Å². The molecule has 1 aliphatic heterocycles. The van der Waals surface area contributed by atoms with Crippen molar-refractivity contribution in [2.45, 2.75) is 25.7 Å². The van der Waals surface area contributed by atoms with Gasteiger partial charge in [0.1, 0.15) is 0 Å². The van der Waals surface area contributed by atoms with E-state index in [2.05, 4.69) is 50.3 Å². The Morgan fingerprint density at radius 3 is 2.64 bits per heavy atom. The Morgan fingerprint density at radius 2 is 2.04 bits per heavy atom. The number of rotatable bonds is 6. The first-order chi connectivity index (χ1) is 11.7. The summed E-state index contributed by atoms with van der Waals surface area (Å²) < 4.78 is 4.64. The van der Waals surface area contributed by atoms with Gasteiger partial charge >= 0.3 is 5.97 Å². The SMILES string of the molecule is CN=C(NCCCCC(=O)OC)N1CC=C(c2ccccc2)CC1.I. The molecule has 0 aromatic heterocycles. The maximum absolute atomic E-state index is 11.1. The molecule has 25 heavy (non-hydrogen) atoms. The van der Waals surface area contributed by atoms with Gasteiger partial charge in [0.05, 0.1) is 7.11 Å². The van der Waals surface area contributed by atoms with Crippen LogP contribution in [-0.2, 0) is 9.53 Å². The summed E-state index contributed by atoms with van der Waals surface area (Å²) in [4.78, 5) is 17.7. The largest absolute Gasteiger partial charge is 0.469 e. The molecule has 5 nitrogen and oxygen atoms in total. The van der Waals surface area contributed by atoms with E-state index in [1.165, 1.54) is 18.2 Å². The number of carbonyl (C=O) groups excluding carboxylic acids is 1. The number of methoxy groups -OCH3 is 1. The quantitative estimate of drug-likeness (QED) is 0.234. The number of carbonyl (C=O) groups is 1. The topological polar surface area (TPSA) is 53.9 Å². The monoisotopic (exact) mass is 457 g/mol. The summed E-state index contributed by atoms with van der Waals surface area (Å²) in [5.74, 6) is 0.783. The molecule has 0 saturated carbocycles. The number of aliphatic imine (C=N–C) groups is 1. The van der Waals surface area contributed by atoms with Crippen molar-refractivity contribution in [1.82, 2.24) is 10.2 Å². The highest BCUT2D eigenvalue weighted by Crippen LogP contribution is 2.21. The Morgan fingerprint density at radius 1 is 1.28 bits per heavy atom. The van der Waals surface area contributed by atoms with Gasteiger partial charge in [-0.05, 0) is 30.4 Å². The lowest BCUT2D eigenvalue weighted by atomic mass is 10.00. The fraction of sp³-hybridized carbons (Fsp3) is 0.474. The Hall–Kier alpha value is -1.57. The predicted molar refractivity (Wildman–Crippen MR) is 113 cm³/mol. The number of esters is 1. The van der Waals surface area contributed by atoms with E-state index in [4.69, 9.17) is 0 Å². The molecule has 1 aliphatic rings. The van der Waals surface area contributed by atoms with Crippen LogP contribution in [0.5, 0.6) is 0 Å². The van der Waals surface area contributed by atoms with E-state index in [9.17, 15) is 4.79 Å². The van der Waals surface area contributed by atoms with Gasteiger partial charge in [-0.25, -0.2) is 0 Å². The average Bonchev–Trinajstić information content (AvgIpc) is 2.65. The number of nitrogens with zero attached hydrogens (tertiary/aromatic N) is 2. The lowest BCUT2D eigenvalue weighted by molar-refractivity contribution is -0.140. The number of hydrogen-bond acceptors (Lipinski definition) is 3. The number of hydrogen-bond donors (Lipinski definition) is 1. The number of unbranched alkanes of at least 4 members (excludes halogenated alkanes) is 1. The Kier molecular flexibility index (Phi) is 10.2. The summed E-state index contributed by atoms with van der Waals surface area (Å²) in [6.45, 7) is 2.64. The molecule has 2 rings (SSSR count). The molecule has 1 N–H and O–H groups in total. The standard InChI is InChI=1S/C19H27N3O2.HI/c1-20-19(21-13-7-6-10-18(23)24-2)22-14-11-17(12-15-22)16-8-4-3-5-9-16;/h3-5,8-9,11H,6-7,10,12-15H2,1-2H3,(H,20,21);1H. The molecular weight excluding hydrogens is 429 g/mol. The zero-order valence-corrected chi connectivity index (χ0v) is 17.4. The summed E-state index contributed by atoms with van der Waals surface area (Å²) in [7, 11) is 3.24. The number of benzene rings is 1. The molecule has 6 heteroatoms. The first kappa shape index (κ1) is 21.5. The third-order valence-electron chi connectivity index (χ3n) is 4.18. The van der Waals surface area contributed by atoms with Gasteiger partial charge in [0.15, 0.2) is 5.96 Å². The predicted octanol–water partition coefficient (Wildman–Crippen LogP) is 3.31. The second kappa shape index (κ2) is 11.9. The molecule has 0 atom stereocenters. The zero-order chi connectivity index (χ0) is 17.2. The molecule has 0 bridgehead atoms. The van der Waals surface area contributed by atoms with Gasteiger partial charge in [0.2, 0.25) is 0 Å². The molecule has 0 fully saturated rings. The summed E-state index contributed by atoms with van der Waals surface area (Å²) in [5.41, 5.74) is 2.71. The van der Waals surface area contributed by atoms with Crippen LogP contribution in [0.25, 0.3) is 5.57 Å². The average molecular weight is 457 g/mol. The fourth-order valence-electron chi connectivity index (χ4n) is 2.80. The van der Waals surface area contributed by atoms with E-state index in [0.29, 0.717) is 6.42 Å². The molecule has 1 heterocycles. The first-order valence-electron chi connectivity index (χ1n) is 8.51. The Labute approximate surface area is 167 Å². The van der Waals surface area contributed by atoms with Crippen molar-refractivity contribution in [2.75, 3.05) is 33.8 Å². The molecule has 0 spiro atoms. The van der Waals surface area contributed by atoms with Gasteiger partial charge in [-0.15, -0.1) is 24.0 Å². The second-order valence-corrected chi connectivity index (χ2v) is 5.80. The molecule has 0 saturated heterocycles. The van der Waals surface area contributed by atoms with E-state index in [-0.39, 0.29) is 29.9 Å². The molecule has 1 aromatic carbocycles. The molecule has 0 unspecified atom stereocenters. The normalized spacial score (nSPS) is 14.4. The van der Waals surface area contributed by atoms with Crippen molar-refractivity contribution in [3.05, 3.63) is 42.0 Å². The minimum absolute atomic E-state index is 0. The lowest BCUT2D eigenvalue weighted by Crippen LogP contribution is -2.43. The highest BCUT2D eigenvalue weighted by atomic mass is 127. The van der Waals surface area contributed by atoms with Crippen LogP contribution in [0.4, 0.5) is 0 Å². The lowest BCUT2D eigenvalue weighted by Gasteiger charge is -2.29. The fourth-order valence-corrected chi connectivity index (χ4v) is 2.80. The van der Waals surface area contributed by atoms with Crippen molar-refractivity contribution < 1.29 is 9.53 Å². The smallest absolute Gasteiger partial charge is 0.305 e. The number of nitrogens with one attached hydrogen (secondary N) is 1. The molecule has 0 amide bonds. The molecule has 0 aliphatic carbocycles. The van der Waals surface area contributed by atoms with Crippen LogP contribution in [0, 0.1) is 0 Å². The summed E-state index contributed by atoms with van der Waals surface area (Å²) in [6, 6.07) is 10.5. The molecule has 0 radical (unpaired) electrons. The first-order valence-corrected chi connectivity index (χ1v) is 8.51. The van der Waals surface area contributed by atoms with Crippen molar-refractivity contribution >= 4 is 41.5 Å². The Bertz CT molecular complexity index is 588. The van der Waals surface area contributed by atoms with Crippen LogP contribution in [0.1, 0.15) is 31.2 Å². The summed E-state index contributed by atoms with van der Waals surface area (Å²) in [6.07, 6.45) is 5.53. The van der Waals surface area contributed by atoms with Gasteiger partial charge < -0.3 is 15.0 Å². The second-order valence-electron chi connectivity index (χ2n) is 5.80. The van der Waals surface area contributed by atoms with E-state index in [0.717, 1.165) is 44.9 Å². The van der Waals surface area contributed by atoms with Crippen molar-refractivity contribution in [3.63, 3.8) is 0 Å². The number of guanidine groups is 1. The molecule has 1 aromatic rings. The van der Waals surface area contributed by atoms with E-state index in [1.807, 2.05) is 13.1 Å². The highest BCUT2D eigenvalue weighted by Gasteiger charge is 2.15. The zero-order valence-electron chi connectivity index (χ0n) is 15.0. The molecule has 138 valence electrons. The minimum Gasteiger partial charge on any atom is -0.469 e. The number of halogens is 1. The summed E-state index contributed by atoms with van der Waals surface area (Å²) >= 11 is 0. The number of ether oxygens (including phenoxy) is 1. The van der Waals surface area contributed by atoms with Crippen LogP contribution < -0.4 is 5.32 Å². The van der Waals surface area contributed by atoms with Crippen molar-refractivity contribution in [2.24, 2.45) is 4.99 Å². The minimum atomic E-state index is -0.144. The third-order valence-corrected chi connectivity index (χ3v) is 4.18. The third kappa shape index (κ3) is 7.05. The maximum Gasteiger partial charge on any atom is 0.305 e. The van der Waals surface area contributed by atoms with Crippen molar-refractivity contribution in [3.8, 4) is 0 Å². The Balaban J connectivity index is 0.00000312. The van der Waals surface area contributed by atoms with Gasteiger partial charge in [0, 0.05) is 33.1 Å². The van der Waals surface area contributed by atoms with Crippen molar-refractivity contribution in [1.29, 1.82) is 0 Å². The van der Waals surface area contributed by atoms with Gasteiger partial charge in [-0.1, -0.05) is 36.4 Å². The maximum atomic E-state index is 11.1. The highest BCUT2D eigenvalue weighted by molar-refractivity contribution is 14.0. The summed E-state index contributed by atoms with van der Waals surface area (Å²) in [5, 5.41) is 3.38. The molecular formula is C19H28IN3O2. The van der Waals surface area contributed by atoms with Gasteiger partial charge in [-0.3, -0.25) is 9.79 Å². The van der Waals surface area contributed by atoms with Gasteiger partial charge in [0.25, 0.3) is 0 Å². The van der Waals surface area contributed by atoms with Crippen LogP contribution in [0.3, 0.4) is 0 Å². The van der Waals surface area contributed by atoms with Crippen LogP contribution in [-0.4, -0.2) is 50.6 Å². The van der Waals surface area contributed by atoms with E-state index >= 15 is 0 Å².